The molecule has 1 saturated carbocycles. The Morgan fingerprint density at radius 3 is 2.26 bits per heavy atom. The molecular formula is C22H24ClF3N2O3. The zero-order valence-corrected chi connectivity index (χ0v) is 18.0. The van der Waals surface area contributed by atoms with Crippen LogP contribution >= 0.6 is 11.6 Å². The van der Waals surface area contributed by atoms with Crippen molar-refractivity contribution in [3.63, 3.8) is 0 Å². The van der Waals surface area contributed by atoms with Crippen molar-refractivity contribution in [2.45, 2.75) is 63.5 Å². The van der Waals surface area contributed by atoms with Crippen LogP contribution in [0.15, 0.2) is 42.6 Å². The van der Waals surface area contributed by atoms with E-state index in [4.69, 9.17) is 21.1 Å². The number of carbonyl (C=O) groups excluding carboxylic acids is 1. The summed E-state index contributed by atoms with van der Waals surface area (Å²) in [5, 5.41) is 3.60. The number of hydrogen-bond donors (Lipinski definition) is 1. The number of amides is 1. The maximum atomic E-state index is 12.7. The van der Waals surface area contributed by atoms with Gasteiger partial charge in [-0.25, -0.2) is 4.98 Å². The Balaban J connectivity index is 1.47. The third kappa shape index (κ3) is 6.50. The van der Waals surface area contributed by atoms with Gasteiger partial charge in [0.25, 0.3) is 5.91 Å². The molecule has 1 aliphatic rings. The maximum absolute atomic E-state index is 12.7. The quantitative estimate of drug-likeness (QED) is 0.630. The van der Waals surface area contributed by atoms with Crippen molar-refractivity contribution in [3.05, 3.63) is 53.2 Å². The van der Waals surface area contributed by atoms with Gasteiger partial charge in [-0.1, -0.05) is 11.6 Å². The van der Waals surface area contributed by atoms with Gasteiger partial charge in [-0.3, -0.25) is 4.79 Å². The van der Waals surface area contributed by atoms with Gasteiger partial charge in [0.2, 0.25) is 5.88 Å². The normalized spacial score (nSPS) is 19.5. The average molecular weight is 457 g/mol. The molecule has 1 N–H and O–H groups in total. The standard InChI is InChI=1S/C22H24ClF3N2O3/c1-21(2,31-18-8-4-15(23)5-9-18)20(29)28-16-6-10-17(11-7-16)30-19-12-3-14(13-27-19)22(24,25)26/h3-5,8-9,12-13,16-17H,6-7,10-11H2,1-2H3,(H,28,29). The molecule has 0 unspecified atom stereocenters. The molecular weight excluding hydrogens is 433 g/mol. The fourth-order valence-electron chi connectivity index (χ4n) is 3.32. The Morgan fingerprint density at radius 2 is 1.71 bits per heavy atom. The number of aromatic nitrogens is 1. The van der Waals surface area contributed by atoms with Crippen molar-refractivity contribution in [2.75, 3.05) is 0 Å². The fraction of sp³-hybridized carbons (Fsp3) is 0.455. The first-order chi connectivity index (χ1) is 14.5. The lowest BCUT2D eigenvalue weighted by Crippen LogP contribution is -2.51. The molecule has 0 saturated heterocycles. The number of ether oxygens (including phenoxy) is 2. The van der Waals surface area contributed by atoms with Crippen molar-refractivity contribution < 1.29 is 27.4 Å². The molecule has 1 aromatic carbocycles. The van der Waals surface area contributed by atoms with Crippen LogP contribution in [0.25, 0.3) is 0 Å². The number of alkyl halides is 3. The Hall–Kier alpha value is -2.48. The SMILES string of the molecule is CC(C)(Oc1ccc(Cl)cc1)C(=O)NC1CCC(Oc2ccc(C(F)(F)F)cn2)CC1. The van der Waals surface area contributed by atoms with Crippen LogP contribution in [0.2, 0.25) is 5.02 Å². The second-order valence-electron chi connectivity index (χ2n) is 8.01. The highest BCUT2D eigenvalue weighted by Gasteiger charge is 2.34. The van der Waals surface area contributed by atoms with Crippen LogP contribution < -0.4 is 14.8 Å². The summed E-state index contributed by atoms with van der Waals surface area (Å²) in [4.78, 5) is 16.4. The summed E-state index contributed by atoms with van der Waals surface area (Å²) in [6.45, 7) is 3.39. The number of nitrogens with one attached hydrogen (secondary N) is 1. The lowest BCUT2D eigenvalue weighted by Gasteiger charge is -2.32. The third-order valence-corrected chi connectivity index (χ3v) is 5.35. The van der Waals surface area contributed by atoms with E-state index in [1.54, 1.807) is 38.1 Å². The predicted octanol–water partition coefficient (Wildman–Crippen LogP) is 5.42. The van der Waals surface area contributed by atoms with E-state index in [2.05, 4.69) is 10.3 Å². The molecule has 3 rings (SSSR count). The molecule has 0 atom stereocenters. The monoisotopic (exact) mass is 456 g/mol. The minimum atomic E-state index is -4.42. The molecule has 1 fully saturated rings. The topological polar surface area (TPSA) is 60.5 Å². The number of hydrogen-bond acceptors (Lipinski definition) is 4. The van der Waals surface area contributed by atoms with Crippen LogP contribution in [0.3, 0.4) is 0 Å². The van der Waals surface area contributed by atoms with Gasteiger partial charge < -0.3 is 14.8 Å². The van der Waals surface area contributed by atoms with Crippen LogP contribution in [0.1, 0.15) is 45.1 Å². The van der Waals surface area contributed by atoms with Gasteiger partial charge in [0, 0.05) is 23.3 Å². The highest BCUT2D eigenvalue weighted by Crippen LogP contribution is 2.30. The first kappa shape index (κ1) is 23.2. The Kier molecular flexibility index (Phi) is 6.99. The molecule has 2 aromatic rings. The molecule has 0 radical (unpaired) electrons. The van der Waals surface area contributed by atoms with E-state index in [-0.39, 0.29) is 23.9 Å². The first-order valence-electron chi connectivity index (χ1n) is 9.98. The molecule has 1 aliphatic carbocycles. The molecule has 1 heterocycles. The van der Waals surface area contributed by atoms with Crippen LogP contribution in [0.4, 0.5) is 13.2 Å². The third-order valence-electron chi connectivity index (χ3n) is 5.09. The van der Waals surface area contributed by atoms with Crippen molar-refractivity contribution in [1.82, 2.24) is 10.3 Å². The second kappa shape index (κ2) is 9.34. The van der Waals surface area contributed by atoms with E-state index >= 15 is 0 Å². The van der Waals surface area contributed by atoms with Gasteiger partial charge in [0.15, 0.2) is 5.60 Å². The molecule has 1 aromatic heterocycles. The summed E-state index contributed by atoms with van der Waals surface area (Å²) >= 11 is 5.87. The Labute approximate surface area is 183 Å². The number of nitrogens with zero attached hydrogens (tertiary/aromatic N) is 1. The number of rotatable bonds is 6. The highest BCUT2D eigenvalue weighted by molar-refractivity contribution is 6.30. The Morgan fingerprint density at radius 1 is 1.06 bits per heavy atom. The van der Waals surface area contributed by atoms with E-state index in [1.165, 1.54) is 6.07 Å². The van der Waals surface area contributed by atoms with E-state index < -0.39 is 17.3 Å². The largest absolute Gasteiger partial charge is 0.478 e. The van der Waals surface area contributed by atoms with Crippen LogP contribution in [0, 0.1) is 0 Å². The number of benzene rings is 1. The van der Waals surface area contributed by atoms with Crippen molar-refractivity contribution in [3.8, 4) is 11.6 Å². The molecule has 168 valence electrons. The lowest BCUT2D eigenvalue weighted by atomic mass is 9.92. The maximum Gasteiger partial charge on any atom is 0.417 e. The van der Waals surface area contributed by atoms with Crippen molar-refractivity contribution >= 4 is 17.5 Å². The van der Waals surface area contributed by atoms with Gasteiger partial charge in [-0.15, -0.1) is 0 Å². The van der Waals surface area contributed by atoms with Gasteiger partial charge in [0.05, 0.1) is 5.56 Å². The molecule has 9 heteroatoms. The number of pyridine rings is 1. The lowest BCUT2D eigenvalue weighted by molar-refractivity contribution is -0.138. The van der Waals surface area contributed by atoms with Gasteiger partial charge in [-0.2, -0.15) is 13.2 Å². The van der Waals surface area contributed by atoms with Crippen molar-refractivity contribution in [2.24, 2.45) is 0 Å². The second-order valence-corrected chi connectivity index (χ2v) is 8.45. The molecule has 0 spiro atoms. The van der Waals surface area contributed by atoms with E-state index in [9.17, 15) is 18.0 Å². The van der Waals surface area contributed by atoms with E-state index in [1.807, 2.05) is 0 Å². The molecule has 31 heavy (non-hydrogen) atoms. The average Bonchev–Trinajstić information content (AvgIpc) is 2.71. The summed E-state index contributed by atoms with van der Waals surface area (Å²) in [7, 11) is 0. The molecule has 0 aliphatic heterocycles. The first-order valence-corrected chi connectivity index (χ1v) is 10.4. The predicted molar refractivity (Wildman–Crippen MR) is 110 cm³/mol. The smallest absolute Gasteiger partial charge is 0.417 e. The van der Waals surface area contributed by atoms with Gasteiger partial charge in [0.1, 0.15) is 11.9 Å². The Bertz CT molecular complexity index is 878. The summed E-state index contributed by atoms with van der Waals surface area (Å²) in [5.41, 5.74) is -1.87. The van der Waals surface area contributed by atoms with E-state index in [0.717, 1.165) is 12.3 Å². The fourth-order valence-corrected chi connectivity index (χ4v) is 3.44. The summed E-state index contributed by atoms with van der Waals surface area (Å²) < 4.78 is 49.4. The summed E-state index contributed by atoms with van der Waals surface area (Å²) in [6.07, 6.45) is -1.12. The zero-order chi connectivity index (χ0) is 22.6. The highest BCUT2D eigenvalue weighted by atomic mass is 35.5. The van der Waals surface area contributed by atoms with Gasteiger partial charge >= 0.3 is 6.18 Å². The van der Waals surface area contributed by atoms with Gasteiger partial charge in [-0.05, 0) is 69.9 Å². The van der Waals surface area contributed by atoms with E-state index in [0.29, 0.717) is 36.5 Å². The van der Waals surface area contributed by atoms with Crippen LogP contribution in [0.5, 0.6) is 11.6 Å². The minimum Gasteiger partial charge on any atom is -0.478 e. The number of carbonyl (C=O) groups is 1. The summed E-state index contributed by atoms with van der Waals surface area (Å²) in [5.74, 6) is 0.486. The zero-order valence-electron chi connectivity index (χ0n) is 17.2. The van der Waals surface area contributed by atoms with Crippen LogP contribution in [-0.4, -0.2) is 28.6 Å². The minimum absolute atomic E-state index is 0.0268. The van der Waals surface area contributed by atoms with Crippen molar-refractivity contribution in [1.29, 1.82) is 0 Å². The molecule has 5 nitrogen and oxygen atoms in total. The van der Waals surface area contributed by atoms with Crippen LogP contribution in [-0.2, 0) is 11.0 Å². The molecule has 1 amide bonds. The summed E-state index contributed by atoms with van der Waals surface area (Å²) in [6, 6.07) is 8.95. The number of halogens is 4. The molecule has 0 bridgehead atoms.